The topological polar surface area (TPSA) is 96.5 Å². The number of unbranched alkanes of at least 4 members (excludes halogenated alkanes) is 1. The van der Waals surface area contributed by atoms with Crippen molar-refractivity contribution in [2.45, 2.75) is 90.1 Å². The summed E-state index contributed by atoms with van der Waals surface area (Å²) in [4.78, 5) is 40.4. The Hall–Kier alpha value is -4.53. The third kappa shape index (κ3) is 12.3. The number of amides is 2. The predicted molar refractivity (Wildman–Crippen MR) is 220 cm³/mol. The van der Waals surface area contributed by atoms with E-state index in [-0.39, 0.29) is 24.0 Å². The Morgan fingerprint density at radius 1 is 0.736 bits per heavy atom. The van der Waals surface area contributed by atoms with Gasteiger partial charge < -0.3 is 15.4 Å². The second kappa shape index (κ2) is 20.1. The van der Waals surface area contributed by atoms with Gasteiger partial charge in [0, 0.05) is 26.1 Å². The molecule has 0 heterocycles. The summed E-state index contributed by atoms with van der Waals surface area (Å²) in [5.74, 6) is -1.09. The summed E-state index contributed by atoms with van der Waals surface area (Å²) in [5, 5.41) is 9.81. The van der Waals surface area contributed by atoms with E-state index in [1.807, 2.05) is 56.3 Å². The lowest BCUT2D eigenvalue weighted by molar-refractivity contribution is -0.128. The van der Waals surface area contributed by atoms with Crippen molar-refractivity contribution in [1.82, 2.24) is 10.6 Å². The van der Waals surface area contributed by atoms with Crippen LogP contribution in [0.15, 0.2) is 115 Å². The van der Waals surface area contributed by atoms with Crippen molar-refractivity contribution in [2.24, 2.45) is 11.8 Å². The highest BCUT2D eigenvalue weighted by molar-refractivity contribution is 6.76. The van der Waals surface area contributed by atoms with Gasteiger partial charge in [0.2, 0.25) is 5.91 Å². The summed E-state index contributed by atoms with van der Waals surface area (Å²) in [7, 11) is -1.38. The third-order valence-electron chi connectivity index (χ3n) is 9.81. The monoisotopic (exact) mass is 733 g/mol. The number of rotatable bonds is 20. The molecular weight excluding hydrogens is 675 g/mol. The van der Waals surface area contributed by atoms with Crippen LogP contribution in [0.2, 0.25) is 25.7 Å². The minimum Gasteiger partial charge on any atom is -0.450 e. The zero-order valence-electron chi connectivity index (χ0n) is 32.5. The van der Waals surface area contributed by atoms with Crippen LogP contribution < -0.4 is 16.0 Å². The Morgan fingerprint density at radius 2 is 1.26 bits per heavy atom. The van der Waals surface area contributed by atoms with Gasteiger partial charge in [0.05, 0.1) is 18.2 Å². The summed E-state index contributed by atoms with van der Waals surface area (Å²) in [5.41, 5.74) is 4.72. The van der Waals surface area contributed by atoms with Gasteiger partial charge in [-0.15, -0.1) is 0 Å². The SMILES string of the molecule is CCc1ccc(NC(=O)[C@H](CCCCNC(c2ccccc2)(c2ccccc2)c2ccccc2)CC(=O)[C@@H](NC(=O)OCC[Si](C)(C)C)C(C)C)cc1. The van der Waals surface area contributed by atoms with Crippen LogP contribution in [0.1, 0.15) is 68.7 Å². The Bertz CT molecular complexity index is 1610. The van der Waals surface area contributed by atoms with E-state index in [2.05, 4.69) is 115 Å². The van der Waals surface area contributed by atoms with E-state index < -0.39 is 31.7 Å². The molecule has 0 saturated carbocycles. The molecule has 0 bridgehead atoms. The smallest absolute Gasteiger partial charge is 0.407 e. The van der Waals surface area contributed by atoms with E-state index in [0.717, 1.165) is 42.0 Å². The van der Waals surface area contributed by atoms with Crippen molar-refractivity contribution in [2.75, 3.05) is 18.5 Å². The zero-order valence-corrected chi connectivity index (χ0v) is 33.5. The van der Waals surface area contributed by atoms with Gasteiger partial charge in [-0.25, -0.2) is 4.79 Å². The molecule has 4 aromatic carbocycles. The summed E-state index contributed by atoms with van der Waals surface area (Å²) in [6.07, 6.45) is 2.37. The molecule has 7 nitrogen and oxygen atoms in total. The standard InChI is InChI=1S/C45H59N3O4Si/c1-7-35-26-28-40(29-27-35)47-43(50)36(33-41(49)42(34(2)3)48-44(51)52-31-32-53(4,5)6)19-17-18-30-46-45(37-20-11-8-12-21-37,38-22-13-9-14-23-38)39-24-15-10-16-25-39/h8-16,20-29,34,36,42,46H,7,17-19,30-33H2,1-6H3,(H,47,50)(H,48,51)/t36-,42+/m1/s1. The molecular formula is C45H59N3O4Si. The minimum absolute atomic E-state index is 0.0202. The summed E-state index contributed by atoms with van der Waals surface area (Å²) in [6.45, 7) is 13.6. The highest BCUT2D eigenvalue weighted by Crippen LogP contribution is 2.37. The summed E-state index contributed by atoms with van der Waals surface area (Å²) >= 11 is 0. The van der Waals surface area contributed by atoms with Crippen LogP contribution in [0.3, 0.4) is 0 Å². The number of alkyl carbamates (subject to hydrolysis) is 1. The van der Waals surface area contributed by atoms with Crippen molar-refractivity contribution in [3.63, 3.8) is 0 Å². The van der Waals surface area contributed by atoms with Crippen LogP contribution in [0.5, 0.6) is 0 Å². The molecule has 4 aromatic rings. The van der Waals surface area contributed by atoms with Gasteiger partial charge >= 0.3 is 6.09 Å². The lowest BCUT2D eigenvalue weighted by Gasteiger charge is -2.37. The molecule has 0 aromatic heterocycles. The molecule has 0 unspecified atom stereocenters. The van der Waals surface area contributed by atoms with Crippen LogP contribution in [0.4, 0.5) is 10.5 Å². The predicted octanol–water partition coefficient (Wildman–Crippen LogP) is 9.60. The number of hydrogen-bond acceptors (Lipinski definition) is 5. The van der Waals surface area contributed by atoms with E-state index in [1.165, 1.54) is 5.56 Å². The number of ether oxygens (including phenoxy) is 1. The van der Waals surface area contributed by atoms with Crippen LogP contribution in [0, 0.1) is 11.8 Å². The molecule has 8 heteroatoms. The van der Waals surface area contributed by atoms with Crippen molar-refractivity contribution >= 4 is 31.5 Å². The number of aryl methyl sites for hydroxylation is 1. The van der Waals surface area contributed by atoms with Gasteiger partial charge in [-0.1, -0.05) is 150 Å². The van der Waals surface area contributed by atoms with Gasteiger partial charge in [-0.3, -0.25) is 14.9 Å². The number of ketones is 1. The van der Waals surface area contributed by atoms with E-state index in [4.69, 9.17) is 4.74 Å². The van der Waals surface area contributed by atoms with E-state index >= 15 is 0 Å². The number of anilines is 1. The fourth-order valence-electron chi connectivity index (χ4n) is 6.66. The second-order valence-electron chi connectivity index (χ2n) is 15.5. The molecule has 4 rings (SSSR count). The van der Waals surface area contributed by atoms with Crippen molar-refractivity contribution in [3.05, 3.63) is 138 Å². The molecule has 2 amide bonds. The van der Waals surface area contributed by atoms with Gasteiger partial charge in [0.15, 0.2) is 5.78 Å². The van der Waals surface area contributed by atoms with E-state index in [9.17, 15) is 14.4 Å². The van der Waals surface area contributed by atoms with Gasteiger partial charge in [0.1, 0.15) is 0 Å². The highest BCUT2D eigenvalue weighted by atomic mass is 28.3. The number of hydrogen-bond donors (Lipinski definition) is 3. The zero-order chi connectivity index (χ0) is 38.3. The van der Waals surface area contributed by atoms with Crippen LogP contribution in [-0.4, -0.2) is 45.1 Å². The Morgan fingerprint density at radius 3 is 1.74 bits per heavy atom. The molecule has 282 valence electrons. The lowest BCUT2D eigenvalue weighted by Crippen LogP contribution is -2.46. The van der Waals surface area contributed by atoms with Gasteiger partial charge in [0.25, 0.3) is 0 Å². The molecule has 53 heavy (non-hydrogen) atoms. The van der Waals surface area contributed by atoms with Crippen molar-refractivity contribution in [3.8, 4) is 0 Å². The third-order valence-corrected chi connectivity index (χ3v) is 11.5. The normalized spacial score (nSPS) is 12.9. The van der Waals surface area contributed by atoms with Crippen molar-refractivity contribution in [1.29, 1.82) is 0 Å². The van der Waals surface area contributed by atoms with Crippen LogP contribution in [-0.2, 0) is 26.3 Å². The number of nitrogens with one attached hydrogen (secondary N) is 3. The van der Waals surface area contributed by atoms with Gasteiger partial charge in [-0.2, -0.15) is 0 Å². The molecule has 3 N–H and O–H groups in total. The first kappa shape index (κ1) is 41.2. The van der Waals surface area contributed by atoms with Crippen LogP contribution in [0.25, 0.3) is 0 Å². The molecule has 0 radical (unpaired) electrons. The fraction of sp³-hybridized carbons (Fsp3) is 0.400. The molecule has 0 fully saturated rings. The number of carbonyl (C=O) groups is 3. The van der Waals surface area contributed by atoms with E-state index in [0.29, 0.717) is 25.3 Å². The van der Waals surface area contributed by atoms with E-state index in [1.54, 1.807) is 0 Å². The first-order valence-corrected chi connectivity index (χ1v) is 22.9. The maximum absolute atomic E-state index is 13.8. The lowest BCUT2D eigenvalue weighted by atomic mass is 9.77. The summed E-state index contributed by atoms with van der Waals surface area (Å²) in [6, 6.07) is 39.4. The molecule has 0 spiro atoms. The fourth-order valence-corrected chi connectivity index (χ4v) is 7.38. The van der Waals surface area contributed by atoms with Crippen molar-refractivity contribution < 1.29 is 19.1 Å². The Balaban J connectivity index is 1.49. The van der Waals surface area contributed by atoms with Gasteiger partial charge in [-0.05, 0) is 72.2 Å². The molecule has 0 saturated heterocycles. The summed E-state index contributed by atoms with van der Waals surface area (Å²) < 4.78 is 5.46. The number of carbonyl (C=O) groups excluding carboxylic acids is 3. The molecule has 2 atom stereocenters. The first-order valence-electron chi connectivity index (χ1n) is 19.2. The molecule has 0 aliphatic rings. The maximum Gasteiger partial charge on any atom is 0.407 e. The Labute approximate surface area is 318 Å². The van der Waals surface area contributed by atoms with Crippen LogP contribution >= 0.6 is 0 Å². The average Bonchev–Trinajstić information content (AvgIpc) is 3.15. The maximum atomic E-state index is 13.8. The largest absolute Gasteiger partial charge is 0.450 e. The second-order valence-corrected chi connectivity index (χ2v) is 21.1. The molecule has 0 aliphatic carbocycles. The highest BCUT2D eigenvalue weighted by Gasteiger charge is 2.36. The number of Topliss-reactive ketones (excluding diaryl/α,β-unsaturated/α-hetero) is 1. The average molecular weight is 734 g/mol. The Kier molecular flexibility index (Phi) is 15.6. The minimum atomic E-state index is -1.38. The molecule has 0 aliphatic heterocycles. The number of benzene rings is 4. The first-order chi connectivity index (χ1) is 25.4. The quantitative estimate of drug-likeness (QED) is 0.0478.